The number of hydrogen-bond acceptors (Lipinski definition) is 6. The molecule has 13 heteroatoms. The van der Waals surface area contributed by atoms with Crippen LogP contribution in [0, 0.1) is 12.7 Å². The van der Waals surface area contributed by atoms with Gasteiger partial charge in [0.15, 0.2) is 23.4 Å². The van der Waals surface area contributed by atoms with Crippen molar-refractivity contribution in [1.29, 1.82) is 0 Å². The summed E-state index contributed by atoms with van der Waals surface area (Å²) >= 11 is 5.93. The Hall–Kier alpha value is -3.12. The summed E-state index contributed by atoms with van der Waals surface area (Å²) in [5, 5.41) is 23.1. The number of aromatic nitrogens is 5. The van der Waals surface area contributed by atoms with Gasteiger partial charge in [0.05, 0.1) is 16.8 Å². The fraction of sp³-hybridized carbons (Fsp3) is 0.400. The largest absolute Gasteiger partial charge is 0.486 e. The Balaban J connectivity index is 2.07. The number of carbonyl (C=O) groups excluding carboxylic acids is 1. The number of nitrogens with one attached hydrogen (secondary N) is 2. The van der Waals surface area contributed by atoms with Gasteiger partial charge in [0.2, 0.25) is 0 Å². The van der Waals surface area contributed by atoms with E-state index in [9.17, 15) is 18.7 Å². The molecule has 0 saturated heterocycles. The van der Waals surface area contributed by atoms with Crippen LogP contribution in [0.2, 0.25) is 5.15 Å². The third kappa shape index (κ3) is 5.45. The van der Waals surface area contributed by atoms with Crippen LogP contribution in [-0.2, 0) is 12.6 Å². The lowest BCUT2D eigenvalue weighted by atomic mass is 10.1. The molecule has 3 N–H and O–H groups in total. The number of rotatable bonds is 7. The van der Waals surface area contributed by atoms with E-state index in [1.54, 1.807) is 6.92 Å². The molecule has 0 saturated carbocycles. The minimum Gasteiger partial charge on any atom is -0.486 e. The van der Waals surface area contributed by atoms with Crippen molar-refractivity contribution in [3.05, 3.63) is 40.2 Å². The van der Waals surface area contributed by atoms with E-state index in [0.717, 1.165) is 12.1 Å². The molecule has 0 fully saturated rings. The number of aromatic amines is 1. The smallest absolute Gasteiger partial charge is 0.278 e. The molecule has 2 heterocycles. The molecule has 0 spiro atoms. The molecule has 0 aliphatic heterocycles. The summed E-state index contributed by atoms with van der Waals surface area (Å²) in [5.74, 6) is -5.28. The van der Waals surface area contributed by atoms with E-state index in [1.807, 2.05) is 0 Å². The van der Waals surface area contributed by atoms with E-state index in [0.29, 0.717) is 12.6 Å². The molecule has 1 aromatic carbocycles. The van der Waals surface area contributed by atoms with Crippen molar-refractivity contribution in [1.82, 2.24) is 25.0 Å². The number of benzene rings is 1. The number of H-pyrrole nitrogens is 1. The third-order valence-corrected chi connectivity index (χ3v) is 4.76. The van der Waals surface area contributed by atoms with Gasteiger partial charge in [-0.2, -0.15) is 10.2 Å². The zero-order chi connectivity index (χ0) is 24.7. The van der Waals surface area contributed by atoms with Crippen molar-refractivity contribution in [3.63, 3.8) is 0 Å². The molecule has 3 aromatic rings. The lowest BCUT2D eigenvalue weighted by Gasteiger charge is -2.16. The number of carbonyl (C=O) groups is 1. The summed E-state index contributed by atoms with van der Waals surface area (Å²) in [5.41, 5.74) is -1.34. The molecule has 2 aromatic heterocycles. The topological polar surface area (TPSA) is 118 Å². The molecule has 0 bridgehead atoms. The summed E-state index contributed by atoms with van der Waals surface area (Å²) in [7, 11) is 1.51. The molecular formula is C20H22ClF3N6O3. The first-order chi connectivity index (χ1) is 15.2. The highest BCUT2D eigenvalue weighted by Crippen LogP contribution is 2.32. The first-order valence-electron chi connectivity index (χ1n) is 9.67. The standard InChI is InChI=1S/C20H22ClF3N6O3/c1-9-14(15(21)28-27-9)25-17(31)11-6-12(22)10(7-13(11)33-8-20(4,23)24)16-26-18(19(2,3)32)30(5)29-16/h6-7,32H,8H2,1-5H3,(H,25,31)(H,27,28). The number of aliphatic hydroxyl groups is 1. The van der Waals surface area contributed by atoms with Gasteiger partial charge in [0.1, 0.15) is 22.9 Å². The van der Waals surface area contributed by atoms with Gasteiger partial charge in [-0.25, -0.2) is 22.8 Å². The Labute approximate surface area is 191 Å². The van der Waals surface area contributed by atoms with Crippen molar-refractivity contribution in [2.45, 2.75) is 39.2 Å². The molecular weight excluding hydrogens is 465 g/mol. The number of ether oxygens (including phenoxy) is 1. The molecule has 0 aliphatic carbocycles. The quantitative estimate of drug-likeness (QED) is 0.467. The molecule has 0 atom stereocenters. The van der Waals surface area contributed by atoms with Crippen LogP contribution in [0.1, 0.15) is 42.6 Å². The van der Waals surface area contributed by atoms with Crippen LogP contribution < -0.4 is 10.1 Å². The van der Waals surface area contributed by atoms with Gasteiger partial charge in [-0.05, 0) is 32.9 Å². The number of anilines is 1. The van der Waals surface area contributed by atoms with Crippen LogP contribution in [-0.4, -0.2) is 48.5 Å². The van der Waals surface area contributed by atoms with E-state index in [4.69, 9.17) is 16.3 Å². The summed E-state index contributed by atoms with van der Waals surface area (Å²) < 4.78 is 48.4. The highest BCUT2D eigenvalue weighted by atomic mass is 35.5. The SMILES string of the molecule is Cc1[nH]nc(Cl)c1NC(=O)c1cc(F)c(-c2nc(C(C)(C)O)n(C)n2)cc1OCC(C)(F)F. The Bertz CT molecular complexity index is 1180. The fourth-order valence-electron chi connectivity index (χ4n) is 2.98. The van der Waals surface area contributed by atoms with Crippen LogP contribution in [0.25, 0.3) is 11.4 Å². The zero-order valence-electron chi connectivity index (χ0n) is 18.4. The Kier molecular flexibility index (Phi) is 6.44. The maximum Gasteiger partial charge on any atom is 0.278 e. The predicted molar refractivity (Wildman–Crippen MR) is 114 cm³/mol. The first-order valence-corrected chi connectivity index (χ1v) is 10.1. The van der Waals surface area contributed by atoms with Crippen LogP contribution in [0.4, 0.5) is 18.9 Å². The first kappa shape index (κ1) is 24.5. The van der Waals surface area contributed by atoms with Gasteiger partial charge in [0, 0.05) is 14.0 Å². The number of alkyl halides is 2. The average molecular weight is 487 g/mol. The Morgan fingerprint density at radius 3 is 2.52 bits per heavy atom. The van der Waals surface area contributed by atoms with Gasteiger partial charge in [-0.1, -0.05) is 11.6 Å². The third-order valence-electron chi connectivity index (χ3n) is 4.49. The van der Waals surface area contributed by atoms with Crippen molar-refractivity contribution in [3.8, 4) is 17.1 Å². The van der Waals surface area contributed by atoms with E-state index in [-0.39, 0.29) is 39.4 Å². The number of amides is 1. The van der Waals surface area contributed by atoms with E-state index < -0.39 is 29.9 Å². The number of aryl methyl sites for hydroxylation is 2. The van der Waals surface area contributed by atoms with Crippen molar-refractivity contribution < 1.29 is 27.8 Å². The van der Waals surface area contributed by atoms with Crippen LogP contribution in [0.5, 0.6) is 5.75 Å². The maximum atomic E-state index is 15.0. The van der Waals surface area contributed by atoms with Crippen molar-refractivity contribution in [2.75, 3.05) is 11.9 Å². The number of nitrogens with zero attached hydrogens (tertiary/aromatic N) is 4. The molecule has 1 amide bonds. The maximum absolute atomic E-state index is 15.0. The molecule has 178 valence electrons. The van der Waals surface area contributed by atoms with E-state index >= 15 is 4.39 Å². The van der Waals surface area contributed by atoms with Crippen LogP contribution >= 0.6 is 11.6 Å². The molecule has 0 radical (unpaired) electrons. The second-order valence-electron chi connectivity index (χ2n) is 8.10. The molecule has 33 heavy (non-hydrogen) atoms. The molecule has 3 rings (SSSR count). The highest BCUT2D eigenvalue weighted by Gasteiger charge is 2.28. The second kappa shape index (κ2) is 8.67. The molecule has 0 unspecified atom stereocenters. The fourth-order valence-corrected chi connectivity index (χ4v) is 3.21. The number of halogens is 4. The summed E-state index contributed by atoms with van der Waals surface area (Å²) in [6.07, 6.45) is 0. The minimum absolute atomic E-state index is 0.0302. The minimum atomic E-state index is -3.22. The lowest BCUT2D eigenvalue weighted by Crippen LogP contribution is -2.23. The summed E-state index contributed by atoms with van der Waals surface area (Å²) in [6.45, 7) is 4.13. The normalized spacial score (nSPS) is 12.2. The van der Waals surface area contributed by atoms with E-state index in [2.05, 4.69) is 25.6 Å². The lowest BCUT2D eigenvalue weighted by molar-refractivity contribution is -0.0231. The average Bonchev–Trinajstić information content (AvgIpc) is 3.23. The molecule has 0 aliphatic rings. The van der Waals surface area contributed by atoms with Crippen molar-refractivity contribution >= 4 is 23.2 Å². The van der Waals surface area contributed by atoms with Crippen molar-refractivity contribution in [2.24, 2.45) is 7.05 Å². The predicted octanol–water partition coefficient (Wildman–Crippen LogP) is 3.82. The van der Waals surface area contributed by atoms with Crippen LogP contribution in [0.15, 0.2) is 12.1 Å². The molecule has 9 nitrogen and oxygen atoms in total. The Morgan fingerprint density at radius 2 is 2.00 bits per heavy atom. The monoisotopic (exact) mass is 486 g/mol. The van der Waals surface area contributed by atoms with Gasteiger partial charge < -0.3 is 15.2 Å². The van der Waals surface area contributed by atoms with Gasteiger partial charge in [0.25, 0.3) is 11.8 Å². The number of hydrogen-bond donors (Lipinski definition) is 3. The zero-order valence-corrected chi connectivity index (χ0v) is 19.2. The van der Waals surface area contributed by atoms with Gasteiger partial charge in [-0.3, -0.25) is 9.89 Å². The summed E-state index contributed by atoms with van der Waals surface area (Å²) in [6, 6.07) is 1.89. The van der Waals surface area contributed by atoms with E-state index in [1.165, 1.54) is 25.6 Å². The Morgan fingerprint density at radius 1 is 1.33 bits per heavy atom. The highest BCUT2D eigenvalue weighted by molar-refractivity contribution is 6.33. The van der Waals surface area contributed by atoms with Gasteiger partial charge >= 0.3 is 0 Å². The summed E-state index contributed by atoms with van der Waals surface area (Å²) in [4.78, 5) is 17.0. The second-order valence-corrected chi connectivity index (χ2v) is 8.46. The van der Waals surface area contributed by atoms with Gasteiger partial charge in [-0.15, -0.1) is 0 Å². The van der Waals surface area contributed by atoms with Crippen LogP contribution in [0.3, 0.4) is 0 Å².